The highest BCUT2D eigenvalue weighted by molar-refractivity contribution is 5.96. The van der Waals surface area contributed by atoms with E-state index in [4.69, 9.17) is 5.73 Å². The largest absolute Gasteiger partial charge is 0.399 e. The molecule has 0 unspecified atom stereocenters. The van der Waals surface area contributed by atoms with E-state index in [0.29, 0.717) is 17.1 Å². The lowest BCUT2D eigenvalue weighted by Crippen LogP contribution is -2.26. The monoisotopic (exact) mass is 343 g/mol. The van der Waals surface area contributed by atoms with Gasteiger partial charge >= 0.3 is 0 Å². The van der Waals surface area contributed by atoms with Crippen LogP contribution in [0.4, 0.5) is 17.1 Å². The number of hydrogen-bond donors (Lipinski definition) is 3. The van der Waals surface area contributed by atoms with Gasteiger partial charge in [-0.2, -0.15) is 0 Å². The number of nitrogen functional groups attached to an aromatic ring is 1. The van der Waals surface area contributed by atoms with Gasteiger partial charge in [0, 0.05) is 28.9 Å². The van der Waals surface area contributed by atoms with Crippen LogP contribution in [0.25, 0.3) is 0 Å². The van der Waals surface area contributed by atoms with Crippen LogP contribution in [0.2, 0.25) is 0 Å². The summed E-state index contributed by atoms with van der Waals surface area (Å²) in [4.78, 5) is 24.8. The molecule has 4 N–H and O–H groups in total. The van der Waals surface area contributed by atoms with Gasteiger partial charge in [0.1, 0.15) is 0 Å². The van der Waals surface area contributed by atoms with E-state index in [-0.39, 0.29) is 23.7 Å². The van der Waals surface area contributed by atoms with Crippen LogP contribution in [0.3, 0.4) is 0 Å². The molecule has 0 saturated heterocycles. The average Bonchev–Trinajstić information content (AvgIpc) is 2.62. The molecule has 136 valence electrons. The minimum atomic E-state index is 0.0647. The summed E-state index contributed by atoms with van der Waals surface area (Å²) in [7, 11) is 0. The Labute approximate surface area is 149 Å². The third kappa shape index (κ3) is 4.97. The number of amides is 2. The van der Waals surface area contributed by atoms with E-state index in [1.165, 1.54) is 12.8 Å². The maximum atomic E-state index is 12.4. The summed E-state index contributed by atoms with van der Waals surface area (Å²) >= 11 is 0. The molecule has 2 amide bonds. The van der Waals surface area contributed by atoms with Crippen LogP contribution in [0, 0.1) is 11.8 Å². The summed E-state index contributed by atoms with van der Waals surface area (Å²) in [6.45, 7) is 0. The van der Waals surface area contributed by atoms with Gasteiger partial charge in [0.25, 0.3) is 0 Å². The molecule has 2 aliphatic carbocycles. The second-order valence-corrected chi connectivity index (χ2v) is 7.49. The number of nitrogens with one attached hydrogen (secondary N) is 2. The number of anilines is 3. The molecule has 0 atom stereocenters. The lowest BCUT2D eigenvalue weighted by molar-refractivity contribution is -0.121. The fourth-order valence-corrected chi connectivity index (χ4v) is 4.01. The highest BCUT2D eigenvalue weighted by Gasteiger charge is 2.23. The SMILES string of the molecule is Nc1cc(NC(=O)C2CCCCC2)cc(NC(=O)C2CCCCC2)c1. The molecule has 2 fully saturated rings. The third-order valence-corrected chi connectivity index (χ3v) is 5.44. The van der Waals surface area contributed by atoms with Gasteiger partial charge in [-0.15, -0.1) is 0 Å². The highest BCUT2D eigenvalue weighted by Crippen LogP contribution is 2.28. The van der Waals surface area contributed by atoms with Gasteiger partial charge in [-0.05, 0) is 43.9 Å². The molecule has 0 aliphatic heterocycles. The number of hydrogen-bond acceptors (Lipinski definition) is 3. The molecular weight excluding hydrogens is 314 g/mol. The Balaban J connectivity index is 1.63. The predicted octanol–water partition coefficient (Wildman–Crippen LogP) is 4.31. The molecule has 25 heavy (non-hydrogen) atoms. The molecule has 0 aromatic heterocycles. The van der Waals surface area contributed by atoms with Crippen molar-refractivity contribution in [3.05, 3.63) is 18.2 Å². The van der Waals surface area contributed by atoms with E-state index in [1.54, 1.807) is 18.2 Å². The van der Waals surface area contributed by atoms with Gasteiger partial charge in [0.05, 0.1) is 0 Å². The van der Waals surface area contributed by atoms with Crippen LogP contribution in [-0.4, -0.2) is 11.8 Å². The fraction of sp³-hybridized carbons (Fsp3) is 0.600. The van der Waals surface area contributed by atoms with E-state index in [1.807, 2.05) is 0 Å². The minimum Gasteiger partial charge on any atom is -0.399 e. The van der Waals surface area contributed by atoms with Gasteiger partial charge in [0.2, 0.25) is 11.8 Å². The van der Waals surface area contributed by atoms with E-state index in [0.717, 1.165) is 51.4 Å². The maximum Gasteiger partial charge on any atom is 0.227 e. The van der Waals surface area contributed by atoms with Crippen LogP contribution in [0.1, 0.15) is 64.2 Å². The first-order valence-corrected chi connectivity index (χ1v) is 9.64. The average molecular weight is 343 g/mol. The molecular formula is C20H29N3O2. The molecule has 1 aromatic carbocycles. The van der Waals surface area contributed by atoms with Crippen molar-refractivity contribution in [1.29, 1.82) is 0 Å². The summed E-state index contributed by atoms with van der Waals surface area (Å²) in [5, 5.41) is 5.95. The molecule has 2 aliphatic rings. The van der Waals surface area contributed by atoms with Crippen molar-refractivity contribution in [2.45, 2.75) is 64.2 Å². The third-order valence-electron chi connectivity index (χ3n) is 5.44. The number of nitrogens with two attached hydrogens (primary N) is 1. The topological polar surface area (TPSA) is 84.2 Å². The summed E-state index contributed by atoms with van der Waals surface area (Å²) in [5.41, 5.74) is 7.83. The van der Waals surface area contributed by atoms with Crippen molar-refractivity contribution in [2.24, 2.45) is 11.8 Å². The number of rotatable bonds is 4. The quantitative estimate of drug-likeness (QED) is 0.712. The van der Waals surface area contributed by atoms with Crippen LogP contribution in [0.15, 0.2) is 18.2 Å². The van der Waals surface area contributed by atoms with Crippen LogP contribution >= 0.6 is 0 Å². The van der Waals surface area contributed by atoms with Crippen molar-refractivity contribution < 1.29 is 9.59 Å². The van der Waals surface area contributed by atoms with Crippen molar-refractivity contribution in [3.63, 3.8) is 0 Å². The fourth-order valence-electron chi connectivity index (χ4n) is 4.01. The molecule has 0 radical (unpaired) electrons. The van der Waals surface area contributed by atoms with E-state index in [2.05, 4.69) is 10.6 Å². The summed E-state index contributed by atoms with van der Waals surface area (Å²) < 4.78 is 0. The van der Waals surface area contributed by atoms with E-state index >= 15 is 0 Å². The molecule has 1 aromatic rings. The van der Waals surface area contributed by atoms with Crippen molar-refractivity contribution in [3.8, 4) is 0 Å². The lowest BCUT2D eigenvalue weighted by Gasteiger charge is -2.22. The van der Waals surface area contributed by atoms with E-state index < -0.39 is 0 Å². The van der Waals surface area contributed by atoms with Crippen molar-refractivity contribution >= 4 is 28.9 Å². The number of carbonyl (C=O) groups is 2. The summed E-state index contributed by atoms with van der Waals surface area (Å²) in [6, 6.07) is 5.30. The van der Waals surface area contributed by atoms with Gasteiger partial charge < -0.3 is 16.4 Å². The predicted molar refractivity (Wildman–Crippen MR) is 101 cm³/mol. The summed E-state index contributed by atoms with van der Waals surface area (Å²) in [6.07, 6.45) is 10.8. The Hall–Kier alpha value is -2.04. The van der Waals surface area contributed by atoms with E-state index in [9.17, 15) is 9.59 Å². The first-order chi connectivity index (χ1) is 12.1. The first kappa shape index (κ1) is 17.8. The summed E-state index contributed by atoms with van der Waals surface area (Å²) in [5.74, 6) is 0.315. The van der Waals surface area contributed by atoms with Gasteiger partial charge in [-0.3, -0.25) is 9.59 Å². The van der Waals surface area contributed by atoms with Gasteiger partial charge in [-0.25, -0.2) is 0 Å². The zero-order valence-electron chi connectivity index (χ0n) is 14.9. The van der Waals surface area contributed by atoms with Gasteiger partial charge in [0.15, 0.2) is 0 Å². The molecule has 3 rings (SSSR count). The Morgan fingerprint density at radius 2 is 1.12 bits per heavy atom. The molecule has 2 saturated carbocycles. The number of carbonyl (C=O) groups excluding carboxylic acids is 2. The zero-order valence-corrected chi connectivity index (χ0v) is 14.9. The Bertz CT molecular complexity index is 567. The first-order valence-electron chi connectivity index (χ1n) is 9.64. The smallest absolute Gasteiger partial charge is 0.227 e. The molecule has 0 heterocycles. The zero-order chi connectivity index (χ0) is 17.6. The molecule has 0 bridgehead atoms. The second-order valence-electron chi connectivity index (χ2n) is 7.49. The Morgan fingerprint density at radius 3 is 1.52 bits per heavy atom. The Kier molecular flexibility index (Phi) is 5.95. The van der Waals surface area contributed by atoms with Crippen LogP contribution < -0.4 is 16.4 Å². The van der Waals surface area contributed by atoms with Crippen LogP contribution in [0.5, 0.6) is 0 Å². The molecule has 5 nitrogen and oxygen atoms in total. The molecule has 0 spiro atoms. The maximum absolute atomic E-state index is 12.4. The lowest BCUT2D eigenvalue weighted by atomic mass is 9.88. The number of benzene rings is 1. The minimum absolute atomic E-state index is 0.0647. The highest BCUT2D eigenvalue weighted by atomic mass is 16.2. The van der Waals surface area contributed by atoms with Crippen molar-refractivity contribution in [1.82, 2.24) is 0 Å². The van der Waals surface area contributed by atoms with Gasteiger partial charge in [-0.1, -0.05) is 38.5 Å². The second kappa shape index (κ2) is 8.37. The standard InChI is InChI=1S/C20H29N3O2/c21-16-11-17(22-19(24)14-7-3-1-4-8-14)13-18(12-16)23-20(25)15-9-5-2-6-10-15/h11-15H,1-10,21H2,(H,22,24)(H,23,25). The Morgan fingerprint density at radius 1 is 0.720 bits per heavy atom. The van der Waals surface area contributed by atoms with Crippen LogP contribution in [-0.2, 0) is 9.59 Å². The van der Waals surface area contributed by atoms with Crippen molar-refractivity contribution in [2.75, 3.05) is 16.4 Å². The normalized spacial score (nSPS) is 19.4. The molecule has 5 heteroatoms.